The molecule has 0 spiro atoms. The Morgan fingerprint density at radius 2 is 2.43 bits per heavy atom. The van der Waals surface area contributed by atoms with Gasteiger partial charge in [0.2, 0.25) is 0 Å². The summed E-state index contributed by atoms with van der Waals surface area (Å²) in [6, 6.07) is 0. The Labute approximate surface area is 85.7 Å². The molecule has 1 aliphatic rings. The second-order valence-corrected chi connectivity index (χ2v) is 3.73. The fraction of sp³-hybridized carbons (Fsp3) is 0.727. The van der Waals surface area contributed by atoms with Crippen molar-refractivity contribution in [1.29, 1.82) is 0 Å². The molecule has 0 saturated carbocycles. The molecule has 1 aliphatic heterocycles. The zero-order chi connectivity index (χ0) is 10.4. The Kier molecular flexibility index (Phi) is 4.50. The standard InChI is InChI=1S/C11H19NO2/c1-3-4-8-14-11(13)12-7-5-6-10(2)9-12/h6H,3-5,7-9H2,1-2H3. The summed E-state index contributed by atoms with van der Waals surface area (Å²) in [5.74, 6) is 0. The second kappa shape index (κ2) is 5.68. The SMILES string of the molecule is CCCCOC(=O)N1CCC=C(C)C1. The van der Waals surface area contributed by atoms with Crippen molar-refractivity contribution in [2.45, 2.75) is 33.1 Å². The summed E-state index contributed by atoms with van der Waals surface area (Å²) >= 11 is 0. The zero-order valence-corrected chi connectivity index (χ0v) is 9.08. The summed E-state index contributed by atoms with van der Waals surface area (Å²) in [5, 5.41) is 0. The third-order valence-electron chi connectivity index (χ3n) is 2.31. The van der Waals surface area contributed by atoms with Gasteiger partial charge in [0.1, 0.15) is 0 Å². The van der Waals surface area contributed by atoms with Crippen LogP contribution in [0.2, 0.25) is 0 Å². The molecule has 0 aromatic carbocycles. The molecule has 0 saturated heterocycles. The maximum absolute atomic E-state index is 11.5. The lowest BCUT2D eigenvalue weighted by molar-refractivity contribution is 0.103. The van der Waals surface area contributed by atoms with Crippen LogP contribution in [0.25, 0.3) is 0 Å². The summed E-state index contributed by atoms with van der Waals surface area (Å²) < 4.78 is 5.13. The molecule has 0 fully saturated rings. The van der Waals surface area contributed by atoms with Crippen LogP contribution in [0, 0.1) is 0 Å². The first-order valence-electron chi connectivity index (χ1n) is 5.31. The van der Waals surface area contributed by atoms with Crippen LogP contribution in [0.1, 0.15) is 33.1 Å². The van der Waals surface area contributed by atoms with Crippen molar-refractivity contribution in [3.63, 3.8) is 0 Å². The van der Waals surface area contributed by atoms with E-state index in [0.717, 1.165) is 32.4 Å². The molecule has 0 N–H and O–H groups in total. The molecular formula is C11H19NO2. The molecule has 1 rings (SSSR count). The van der Waals surface area contributed by atoms with Gasteiger partial charge in [0.15, 0.2) is 0 Å². The van der Waals surface area contributed by atoms with Crippen LogP contribution in [0.5, 0.6) is 0 Å². The lowest BCUT2D eigenvalue weighted by atomic mass is 10.1. The number of unbranched alkanes of at least 4 members (excludes halogenated alkanes) is 1. The van der Waals surface area contributed by atoms with E-state index in [1.807, 2.05) is 6.92 Å². The maximum atomic E-state index is 11.5. The predicted octanol–water partition coefficient (Wildman–Crippen LogP) is 2.58. The topological polar surface area (TPSA) is 29.5 Å². The largest absolute Gasteiger partial charge is 0.449 e. The van der Waals surface area contributed by atoms with Crippen molar-refractivity contribution in [3.05, 3.63) is 11.6 Å². The Morgan fingerprint density at radius 1 is 1.64 bits per heavy atom. The van der Waals surface area contributed by atoms with Gasteiger partial charge in [-0.05, 0) is 19.8 Å². The lowest BCUT2D eigenvalue weighted by Gasteiger charge is -2.25. The molecule has 0 bridgehead atoms. The number of nitrogens with zero attached hydrogens (tertiary/aromatic N) is 1. The molecule has 3 nitrogen and oxygen atoms in total. The third kappa shape index (κ3) is 3.40. The van der Waals surface area contributed by atoms with Crippen LogP contribution in [-0.4, -0.2) is 30.7 Å². The summed E-state index contributed by atoms with van der Waals surface area (Å²) in [6.45, 7) is 6.20. The van der Waals surface area contributed by atoms with Gasteiger partial charge < -0.3 is 9.64 Å². The van der Waals surface area contributed by atoms with Crippen molar-refractivity contribution in [3.8, 4) is 0 Å². The number of hydrogen-bond acceptors (Lipinski definition) is 2. The summed E-state index contributed by atoms with van der Waals surface area (Å²) in [4.78, 5) is 13.3. The van der Waals surface area contributed by atoms with Crippen LogP contribution in [0.3, 0.4) is 0 Å². The van der Waals surface area contributed by atoms with Crippen LogP contribution in [-0.2, 0) is 4.74 Å². The monoisotopic (exact) mass is 197 g/mol. The van der Waals surface area contributed by atoms with Crippen molar-refractivity contribution in [1.82, 2.24) is 4.90 Å². The number of ether oxygens (including phenoxy) is 1. The molecule has 0 radical (unpaired) electrons. The molecule has 0 atom stereocenters. The first-order chi connectivity index (χ1) is 6.74. The maximum Gasteiger partial charge on any atom is 0.410 e. The Bertz CT molecular complexity index is 223. The highest BCUT2D eigenvalue weighted by atomic mass is 16.6. The summed E-state index contributed by atoms with van der Waals surface area (Å²) in [5.41, 5.74) is 1.25. The van der Waals surface area contributed by atoms with E-state index >= 15 is 0 Å². The van der Waals surface area contributed by atoms with Gasteiger partial charge in [-0.3, -0.25) is 0 Å². The quantitative estimate of drug-likeness (QED) is 0.514. The van der Waals surface area contributed by atoms with Crippen LogP contribution in [0.4, 0.5) is 4.79 Å². The van der Waals surface area contributed by atoms with Gasteiger partial charge in [0, 0.05) is 13.1 Å². The highest BCUT2D eigenvalue weighted by Gasteiger charge is 2.16. The Hall–Kier alpha value is -0.990. The van der Waals surface area contributed by atoms with E-state index in [-0.39, 0.29) is 6.09 Å². The van der Waals surface area contributed by atoms with Gasteiger partial charge in [-0.15, -0.1) is 0 Å². The molecule has 0 unspecified atom stereocenters. The van der Waals surface area contributed by atoms with Gasteiger partial charge in [-0.2, -0.15) is 0 Å². The molecule has 1 amide bonds. The second-order valence-electron chi connectivity index (χ2n) is 3.73. The molecule has 3 heteroatoms. The van der Waals surface area contributed by atoms with Gasteiger partial charge in [-0.1, -0.05) is 25.0 Å². The van der Waals surface area contributed by atoms with Gasteiger partial charge in [0.05, 0.1) is 6.61 Å². The van der Waals surface area contributed by atoms with Crippen molar-refractivity contribution in [2.75, 3.05) is 19.7 Å². The highest BCUT2D eigenvalue weighted by molar-refractivity contribution is 5.68. The minimum Gasteiger partial charge on any atom is -0.449 e. The van der Waals surface area contributed by atoms with Crippen molar-refractivity contribution >= 4 is 6.09 Å². The van der Waals surface area contributed by atoms with Crippen molar-refractivity contribution in [2.24, 2.45) is 0 Å². The third-order valence-corrected chi connectivity index (χ3v) is 2.31. The Balaban J connectivity index is 2.27. The number of carbonyl (C=O) groups is 1. The fourth-order valence-corrected chi connectivity index (χ4v) is 1.46. The Morgan fingerprint density at radius 3 is 3.07 bits per heavy atom. The van der Waals surface area contributed by atoms with Crippen molar-refractivity contribution < 1.29 is 9.53 Å². The first-order valence-corrected chi connectivity index (χ1v) is 5.31. The average Bonchev–Trinajstić information content (AvgIpc) is 2.18. The van der Waals surface area contributed by atoms with E-state index in [1.165, 1.54) is 5.57 Å². The molecule has 0 aromatic heterocycles. The first kappa shape index (κ1) is 11.1. The molecule has 0 aliphatic carbocycles. The van der Waals surface area contributed by atoms with E-state index in [1.54, 1.807) is 4.90 Å². The molecule has 14 heavy (non-hydrogen) atoms. The van der Waals surface area contributed by atoms with Crippen LogP contribution < -0.4 is 0 Å². The number of amides is 1. The lowest BCUT2D eigenvalue weighted by Crippen LogP contribution is -2.35. The number of carbonyl (C=O) groups excluding carboxylic acids is 1. The van der Waals surface area contributed by atoms with E-state index in [2.05, 4.69) is 13.0 Å². The number of hydrogen-bond donors (Lipinski definition) is 0. The van der Waals surface area contributed by atoms with Gasteiger partial charge in [-0.25, -0.2) is 4.79 Å². The molecule has 0 aromatic rings. The van der Waals surface area contributed by atoms with E-state index in [9.17, 15) is 4.79 Å². The molecule has 1 heterocycles. The minimum atomic E-state index is -0.161. The molecular weight excluding hydrogens is 178 g/mol. The highest BCUT2D eigenvalue weighted by Crippen LogP contribution is 2.09. The van der Waals surface area contributed by atoms with E-state index < -0.39 is 0 Å². The predicted molar refractivity (Wildman–Crippen MR) is 56.2 cm³/mol. The van der Waals surface area contributed by atoms with Crippen LogP contribution in [0.15, 0.2) is 11.6 Å². The smallest absolute Gasteiger partial charge is 0.410 e. The van der Waals surface area contributed by atoms with Crippen LogP contribution >= 0.6 is 0 Å². The summed E-state index contributed by atoms with van der Waals surface area (Å²) in [7, 11) is 0. The van der Waals surface area contributed by atoms with Gasteiger partial charge >= 0.3 is 6.09 Å². The van der Waals surface area contributed by atoms with E-state index in [4.69, 9.17) is 4.74 Å². The zero-order valence-electron chi connectivity index (χ0n) is 9.08. The fourth-order valence-electron chi connectivity index (χ4n) is 1.46. The van der Waals surface area contributed by atoms with Gasteiger partial charge in [0.25, 0.3) is 0 Å². The average molecular weight is 197 g/mol. The van der Waals surface area contributed by atoms with E-state index in [0.29, 0.717) is 6.61 Å². The normalized spacial score (nSPS) is 16.4. The molecule has 80 valence electrons. The summed E-state index contributed by atoms with van der Waals surface area (Å²) in [6.07, 6.45) is 4.98. The number of rotatable bonds is 3. The minimum absolute atomic E-state index is 0.161.